The van der Waals surface area contributed by atoms with Gasteiger partial charge in [0.25, 0.3) is 0 Å². The Morgan fingerprint density at radius 1 is 0.958 bits per heavy atom. The maximum absolute atomic E-state index is 12.4. The van der Waals surface area contributed by atoms with Gasteiger partial charge in [0.15, 0.2) is 0 Å². The van der Waals surface area contributed by atoms with E-state index in [2.05, 4.69) is 10.6 Å². The summed E-state index contributed by atoms with van der Waals surface area (Å²) in [6.07, 6.45) is 0. The molecule has 3 rings (SSSR count). The molecule has 0 bridgehead atoms. The highest BCUT2D eigenvalue weighted by molar-refractivity contribution is 5.98. The van der Waals surface area contributed by atoms with Crippen molar-refractivity contribution in [2.24, 2.45) is 0 Å². The Kier molecular flexibility index (Phi) is 4.77. The Morgan fingerprint density at radius 2 is 1.75 bits per heavy atom. The molecule has 0 spiro atoms. The molecule has 0 aliphatic rings. The predicted molar refractivity (Wildman–Crippen MR) is 98.0 cm³/mol. The van der Waals surface area contributed by atoms with Crippen LogP contribution in [-0.4, -0.2) is 17.1 Å². The summed E-state index contributed by atoms with van der Waals surface area (Å²) < 4.78 is 0. The normalized spacial score (nSPS) is 11.9. The van der Waals surface area contributed by atoms with Crippen LogP contribution in [-0.2, 0) is 11.4 Å². The van der Waals surface area contributed by atoms with Gasteiger partial charge in [0.05, 0.1) is 6.61 Å². The lowest BCUT2D eigenvalue weighted by molar-refractivity contribution is -0.116. The van der Waals surface area contributed by atoms with E-state index in [0.29, 0.717) is 0 Å². The van der Waals surface area contributed by atoms with Crippen LogP contribution in [0.1, 0.15) is 12.5 Å². The first-order chi connectivity index (χ1) is 11.7. The number of rotatable bonds is 5. The average Bonchev–Trinajstić information content (AvgIpc) is 2.61. The Morgan fingerprint density at radius 3 is 2.54 bits per heavy atom. The minimum Gasteiger partial charge on any atom is -0.392 e. The Labute approximate surface area is 141 Å². The number of aliphatic hydroxyl groups excluding tert-OH is 1. The monoisotopic (exact) mass is 320 g/mol. The van der Waals surface area contributed by atoms with Gasteiger partial charge in [-0.15, -0.1) is 0 Å². The average molecular weight is 320 g/mol. The number of amides is 1. The molecule has 4 heteroatoms. The van der Waals surface area contributed by atoms with Crippen LogP contribution in [0.25, 0.3) is 10.8 Å². The highest BCUT2D eigenvalue weighted by Gasteiger charge is 2.13. The molecule has 0 unspecified atom stereocenters. The highest BCUT2D eigenvalue weighted by Crippen LogP contribution is 2.19. The van der Waals surface area contributed by atoms with Crippen LogP contribution in [0.4, 0.5) is 11.4 Å². The van der Waals surface area contributed by atoms with Crippen molar-refractivity contribution >= 4 is 28.1 Å². The lowest BCUT2D eigenvalue weighted by Gasteiger charge is -2.16. The molecule has 0 aliphatic heterocycles. The number of aliphatic hydroxyl groups is 1. The van der Waals surface area contributed by atoms with E-state index in [9.17, 15) is 9.90 Å². The third kappa shape index (κ3) is 3.73. The summed E-state index contributed by atoms with van der Waals surface area (Å²) in [5.74, 6) is -0.111. The summed E-state index contributed by atoms with van der Waals surface area (Å²) in [5, 5.41) is 17.5. The maximum Gasteiger partial charge on any atom is 0.246 e. The van der Waals surface area contributed by atoms with Crippen LogP contribution in [0, 0.1) is 0 Å². The van der Waals surface area contributed by atoms with E-state index in [1.54, 1.807) is 0 Å². The molecule has 0 saturated heterocycles. The molecule has 0 aromatic heterocycles. The van der Waals surface area contributed by atoms with Gasteiger partial charge in [-0.25, -0.2) is 0 Å². The molecule has 4 nitrogen and oxygen atoms in total. The summed E-state index contributed by atoms with van der Waals surface area (Å²) in [6.45, 7) is 1.79. The van der Waals surface area contributed by atoms with Crippen molar-refractivity contribution in [1.29, 1.82) is 0 Å². The second-order valence-corrected chi connectivity index (χ2v) is 5.78. The molecule has 122 valence electrons. The summed E-state index contributed by atoms with van der Waals surface area (Å²) in [6, 6.07) is 20.9. The zero-order valence-electron chi connectivity index (χ0n) is 13.5. The fourth-order valence-corrected chi connectivity index (χ4v) is 2.59. The lowest BCUT2D eigenvalue weighted by Crippen LogP contribution is -2.31. The van der Waals surface area contributed by atoms with Crippen LogP contribution >= 0.6 is 0 Å². The smallest absolute Gasteiger partial charge is 0.246 e. The molecule has 0 aliphatic carbocycles. The van der Waals surface area contributed by atoms with Crippen LogP contribution < -0.4 is 10.6 Å². The van der Waals surface area contributed by atoms with Crippen LogP contribution in [0.2, 0.25) is 0 Å². The van der Waals surface area contributed by atoms with Crippen LogP contribution in [0.15, 0.2) is 66.7 Å². The Bertz CT molecular complexity index is 861. The van der Waals surface area contributed by atoms with Crippen molar-refractivity contribution in [2.45, 2.75) is 19.6 Å². The number of carbonyl (C=O) groups is 1. The predicted octanol–water partition coefficient (Wildman–Crippen LogP) is 3.77. The number of hydrogen-bond acceptors (Lipinski definition) is 3. The topological polar surface area (TPSA) is 61.4 Å². The molecular formula is C20H20N2O2. The molecule has 1 amide bonds. The number of benzene rings is 3. The van der Waals surface area contributed by atoms with Crippen molar-refractivity contribution in [3.63, 3.8) is 0 Å². The quantitative estimate of drug-likeness (QED) is 0.670. The van der Waals surface area contributed by atoms with Gasteiger partial charge in [-0.1, -0.05) is 42.5 Å². The summed E-state index contributed by atoms with van der Waals surface area (Å²) in [7, 11) is 0. The maximum atomic E-state index is 12.4. The molecule has 0 heterocycles. The fourth-order valence-electron chi connectivity index (χ4n) is 2.59. The van der Waals surface area contributed by atoms with Crippen molar-refractivity contribution in [1.82, 2.24) is 0 Å². The van der Waals surface area contributed by atoms with Gasteiger partial charge >= 0.3 is 0 Å². The molecule has 3 aromatic carbocycles. The van der Waals surface area contributed by atoms with E-state index in [1.807, 2.05) is 73.7 Å². The van der Waals surface area contributed by atoms with E-state index in [0.717, 1.165) is 27.7 Å². The van der Waals surface area contributed by atoms with Crippen molar-refractivity contribution in [2.75, 3.05) is 10.6 Å². The van der Waals surface area contributed by atoms with E-state index in [-0.39, 0.29) is 12.5 Å². The minimum atomic E-state index is -0.398. The number of nitrogens with one attached hydrogen (secondary N) is 2. The van der Waals surface area contributed by atoms with Gasteiger partial charge in [0.1, 0.15) is 6.04 Å². The Hall–Kier alpha value is -2.85. The number of carbonyl (C=O) groups excluding carboxylic acids is 1. The number of fused-ring (bicyclic) bond motifs is 1. The van der Waals surface area contributed by atoms with Gasteiger partial charge in [-0.2, -0.15) is 0 Å². The van der Waals surface area contributed by atoms with Gasteiger partial charge in [-0.3, -0.25) is 4.79 Å². The largest absolute Gasteiger partial charge is 0.392 e. The zero-order valence-corrected chi connectivity index (χ0v) is 13.5. The molecule has 3 aromatic rings. The van der Waals surface area contributed by atoms with Crippen molar-refractivity contribution in [3.05, 3.63) is 72.3 Å². The standard InChI is InChI=1S/C20H20N2O2/c1-14(21-18-8-4-5-15(11-18)13-23)20(24)22-19-10-9-16-6-2-3-7-17(16)12-19/h2-12,14,21,23H,13H2,1H3,(H,22,24)/t14-/m1/s1. The van der Waals surface area contributed by atoms with Crippen molar-refractivity contribution < 1.29 is 9.90 Å². The summed E-state index contributed by atoms with van der Waals surface area (Å²) in [4.78, 5) is 12.4. The van der Waals surface area contributed by atoms with Gasteiger partial charge in [0, 0.05) is 11.4 Å². The van der Waals surface area contributed by atoms with Crippen molar-refractivity contribution in [3.8, 4) is 0 Å². The van der Waals surface area contributed by atoms with Gasteiger partial charge < -0.3 is 15.7 Å². The molecule has 24 heavy (non-hydrogen) atoms. The third-order valence-electron chi connectivity index (χ3n) is 3.90. The van der Waals surface area contributed by atoms with Crippen LogP contribution in [0.5, 0.6) is 0 Å². The molecule has 0 radical (unpaired) electrons. The molecule has 3 N–H and O–H groups in total. The van der Waals surface area contributed by atoms with Gasteiger partial charge in [0.2, 0.25) is 5.91 Å². The first-order valence-electron chi connectivity index (χ1n) is 7.92. The molecule has 0 fully saturated rings. The lowest BCUT2D eigenvalue weighted by atomic mass is 10.1. The highest BCUT2D eigenvalue weighted by atomic mass is 16.3. The first-order valence-corrected chi connectivity index (χ1v) is 7.92. The fraction of sp³-hybridized carbons (Fsp3) is 0.150. The third-order valence-corrected chi connectivity index (χ3v) is 3.90. The van der Waals surface area contributed by atoms with E-state index in [4.69, 9.17) is 0 Å². The molecule has 1 atom stereocenters. The second kappa shape index (κ2) is 7.15. The number of hydrogen-bond donors (Lipinski definition) is 3. The van der Waals surface area contributed by atoms with E-state index >= 15 is 0 Å². The number of anilines is 2. The molecular weight excluding hydrogens is 300 g/mol. The first kappa shape index (κ1) is 16.0. The second-order valence-electron chi connectivity index (χ2n) is 5.78. The summed E-state index contributed by atoms with van der Waals surface area (Å²) >= 11 is 0. The SMILES string of the molecule is C[C@@H](Nc1cccc(CO)c1)C(=O)Nc1ccc2ccccc2c1. The van der Waals surface area contributed by atoms with E-state index < -0.39 is 6.04 Å². The van der Waals surface area contributed by atoms with Gasteiger partial charge in [-0.05, 0) is 47.5 Å². The Balaban J connectivity index is 1.68. The minimum absolute atomic E-state index is 0.0206. The van der Waals surface area contributed by atoms with E-state index in [1.165, 1.54) is 0 Å². The summed E-state index contributed by atoms with van der Waals surface area (Å²) in [5.41, 5.74) is 2.39. The molecule has 0 saturated carbocycles. The van der Waals surface area contributed by atoms with Crippen LogP contribution in [0.3, 0.4) is 0 Å². The zero-order chi connectivity index (χ0) is 16.9.